The lowest BCUT2D eigenvalue weighted by molar-refractivity contribution is 0.377. The standard InChI is InChI=1S/C12H16N4O3S2/c13-10-1-3-11(4-2-10)20-7-8-21(17,18)16-6-5-12-14-9-15-19-12/h1-4,9,16H,5-8,13H2. The van der Waals surface area contributed by atoms with E-state index < -0.39 is 10.0 Å². The molecule has 0 saturated carbocycles. The number of hydrogen-bond acceptors (Lipinski definition) is 7. The molecule has 0 radical (unpaired) electrons. The van der Waals surface area contributed by atoms with Gasteiger partial charge in [0, 0.05) is 29.3 Å². The molecule has 0 bridgehead atoms. The van der Waals surface area contributed by atoms with Crippen LogP contribution >= 0.6 is 11.8 Å². The summed E-state index contributed by atoms with van der Waals surface area (Å²) in [5.74, 6) is 0.931. The summed E-state index contributed by atoms with van der Waals surface area (Å²) in [6.45, 7) is 0.247. The lowest BCUT2D eigenvalue weighted by Gasteiger charge is -2.05. The molecule has 0 atom stereocenters. The minimum Gasteiger partial charge on any atom is -0.399 e. The van der Waals surface area contributed by atoms with Crippen molar-refractivity contribution in [3.63, 3.8) is 0 Å². The first-order valence-electron chi connectivity index (χ1n) is 6.26. The van der Waals surface area contributed by atoms with Crippen molar-refractivity contribution in [3.05, 3.63) is 36.5 Å². The smallest absolute Gasteiger partial charge is 0.227 e. The van der Waals surface area contributed by atoms with Crippen LogP contribution in [-0.4, -0.2) is 36.6 Å². The van der Waals surface area contributed by atoms with Crippen LogP contribution in [0.15, 0.2) is 40.0 Å². The molecule has 21 heavy (non-hydrogen) atoms. The van der Waals surface area contributed by atoms with Crippen molar-refractivity contribution in [3.8, 4) is 0 Å². The van der Waals surface area contributed by atoms with Gasteiger partial charge in [0.15, 0.2) is 6.33 Å². The molecule has 0 spiro atoms. The van der Waals surface area contributed by atoms with Crippen LogP contribution in [0.3, 0.4) is 0 Å². The van der Waals surface area contributed by atoms with Crippen LogP contribution in [-0.2, 0) is 16.4 Å². The summed E-state index contributed by atoms with van der Waals surface area (Å²) in [4.78, 5) is 4.81. The molecule has 9 heteroatoms. The third-order valence-corrected chi connectivity index (χ3v) is 5.23. The van der Waals surface area contributed by atoms with Crippen LogP contribution in [0, 0.1) is 0 Å². The molecule has 0 aliphatic carbocycles. The molecule has 0 fully saturated rings. The van der Waals surface area contributed by atoms with Gasteiger partial charge in [-0.1, -0.05) is 5.16 Å². The third kappa shape index (κ3) is 5.74. The highest BCUT2D eigenvalue weighted by atomic mass is 32.2. The second-order valence-corrected chi connectivity index (χ2v) is 7.31. The molecule has 114 valence electrons. The van der Waals surface area contributed by atoms with Crippen molar-refractivity contribution in [1.29, 1.82) is 0 Å². The highest BCUT2D eigenvalue weighted by Crippen LogP contribution is 2.19. The summed E-state index contributed by atoms with van der Waals surface area (Å²) >= 11 is 1.47. The Hall–Kier alpha value is -1.58. The molecule has 0 amide bonds. The predicted molar refractivity (Wildman–Crippen MR) is 81.4 cm³/mol. The van der Waals surface area contributed by atoms with Gasteiger partial charge in [0.05, 0.1) is 5.75 Å². The van der Waals surface area contributed by atoms with Gasteiger partial charge in [0.1, 0.15) is 0 Å². The number of nitrogens with two attached hydrogens (primary N) is 1. The number of rotatable bonds is 8. The molecule has 0 unspecified atom stereocenters. The molecule has 7 nitrogen and oxygen atoms in total. The van der Waals surface area contributed by atoms with E-state index >= 15 is 0 Å². The minimum absolute atomic E-state index is 0.0475. The van der Waals surface area contributed by atoms with Crippen molar-refractivity contribution in [2.75, 3.05) is 23.8 Å². The van der Waals surface area contributed by atoms with Crippen LogP contribution < -0.4 is 10.5 Å². The molecule has 0 aliphatic heterocycles. The zero-order valence-electron chi connectivity index (χ0n) is 11.2. The topological polar surface area (TPSA) is 111 Å². The summed E-state index contributed by atoms with van der Waals surface area (Å²) in [6.07, 6.45) is 1.66. The van der Waals surface area contributed by atoms with Gasteiger partial charge < -0.3 is 10.3 Å². The van der Waals surface area contributed by atoms with E-state index in [1.807, 2.05) is 12.1 Å². The largest absolute Gasteiger partial charge is 0.399 e. The monoisotopic (exact) mass is 328 g/mol. The summed E-state index contributed by atoms with van der Waals surface area (Å²) in [7, 11) is -3.30. The SMILES string of the molecule is Nc1ccc(SCCS(=O)(=O)NCCc2ncno2)cc1. The predicted octanol–water partition coefficient (Wildman–Crippen LogP) is 0.906. The molecule has 0 saturated heterocycles. The fraction of sp³-hybridized carbons (Fsp3) is 0.333. The molecule has 2 aromatic rings. The van der Waals surface area contributed by atoms with E-state index in [1.165, 1.54) is 18.1 Å². The Morgan fingerprint density at radius 1 is 1.29 bits per heavy atom. The van der Waals surface area contributed by atoms with Crippen molar-refractivity contribution < 1.29 is 12.9 Å². The Kier molecular flexibility index (Phi) is 5.59. The Balaban J connectivity index is 1.69. The molecular weight excluding hydrogens is 312 g/mol. The van der Waals surface area contributed by atoms with Gasteiger partial charge in [-0.3, -0.25) is 0 Å². The minimum atomic E-state index is -3.30. The number of nitrogens with zero attached hydrogens (tertiary/aromatic N) is 2. The van der Waals surface area contributed by atoms with E-state index in [4.69, 9.17) is 10.3 Å². The Bertz CT molecular complexity index is 642. The maximum absolute atomic E-state index is 11.8. The van der Waals surface area contributed by atoms with Crippen LogP contribution in [0.25, 0.3) is 0 Å². The van der Waals surface area contributed by atoms with Gasteiger partial charge in [0.25, 0.3) is 0 Å². The van der Waals surface area contributed by atoms with Gasteiger partial charge in [-0.15, -0.1) is 11.8 Å². The van der Waals surface area contributed by atoms with Crippen molar-refractivity contribution in [2.45, 2.75) is 11.3 Å². The summed E-state index contributed by atoms with van der Waals surface area (Å²) < 4.78 is 30.9. The highest BCUT2D eigenvalue weighted by molar-refractivity contribution is 8.00. The first-order valence-corrected chi connectivity index (χ1v) is 8.90. The van der Waals surface area contributed by atoms with Crippen LogP contribution in [0.1, 0.15) is 5.89 Å². The van der Waals surface area contributed by atoms with E-state index in [9.17, 15) is 8.42 Å². The van der Waals surface area contributed by atoms with E-state index in [-0.39, 0.29) is 12.3 Å². The molecule has 3 N–H and O–H groups in total. The zero-order chi connectivity index (χ0) is 15.1. The summed E-state index contributed by atoms with van der Waals surface area (Å²) in [5.41, 5.74) is 6.28. The molecule has 0 aliphatic rings. The maximum atomic E-state index is 11.8. The van der Waals surface area contributed by atoms with Gasteiger partial charge in [0.2, 0.25) is 15.9 Å². The van der Waals surface area contributed by atoms with Gasteiger partial charge in [-0.2, -0.15) is 4.98 Å². The maximum Gasteiger partial charge on any atom is 0.227 e. The zero-order valence-corrected chi connectivity index (χ0v) is 12.9. The van der Waals surface area contributed by atoms with Crippen LogP contribution in [0.4, 0.5) is 5.69 Å². The van der Waals surface area contributed by atoms with E-state index in [0.29, 0.717) is 23.8 Å². The highest BCUT2D eigenvalue weighted by Gasteiger charge is 2.10. The summed E-state index contributed by atoms with van der Waals surface area (Å²) in [6, 6.07) is 7.32. The lowest BCUT2D eigenvalue weighted by atomic mass is 10.3. The van der Waals surface area contributed by atoms with E-state index in [2.05, 4.69) is 14.9 Å². The van der Waals surface area contributed by atoms with Gasteiger partial charge in [-0.25, -0.2) is 13.1 Å². The number of hydrogen-bond donors (Lipinski definition) is 2. The second-order valence-electron chi connectivity index (χ2n) is 4.22. The number of thioether (sulfide) groups is 1. The van der Waals surface area contributed by atoms with Crippen LogP contribution in [0.5, 0.6) is 0 Å². The fourth-order valence-corrected chi connectivity index (χ4v) is 3.86. The second kappa shape index (κ2) is 7.43. The normalized spacial score (nSPS) is 11.6. The third-order valence-electron chi connectivity index (χ3n) is 2.57. The van der Waals surface area contributed by atoms with E-state index in [1.54, 1.807) is 12.1 Å². The first-order chi connectivity index (χ1) is 10.1. The van der Waals surface area contributed by atoms with Crippen molar-refractivity contribution in [1.82, 2.24) is 14.9 Å². The van der Waals surface area contributed by atoms with Crippen molar-refractivity contribution in [2.24, 2.45) is 0 Å². The molecule has 1 aromatic carbocycles. The molecule has 1 aromatic heterocycles. The Labute approximate surface area is 127 Å². The number of nitrogen functional groups attached to an aromatic ring is 1. The summed E-state index contributed by atoms with van der Waals surface area (Å²) in [5, 5.41) is 3.45. The van der Waals surface area contributed by atoms with Crippen LogP contribution in [0.2, 0.25) is 0 Å². The average molecular weight is 328 g/mol. The van der Waals surface area contributed by atoms with Crippen molar-refractivity contribution >= 4 is 27.5 Å². The Morgan fingerprint density at radius 2 is 2.05 bits per heavy atom. The number of nitrogens with one attached hydrogen (secondary N) is 1. The van der Waals surface area contributed by atoms with Gasteiger partial charge in [-0.05, 0) is 24.3 Å². The number of anilines is 1. The quantitative estimate of drug-likeness (QED) is 0.547. The molecular formula is C12H16N4O3S2. The molecule has 1 heterocycles. The number of sulfonamides is 1. The Morgan fingerprint density at radius 3 is 2.71 bits per heavy atom. The fourth-order valence-electron chi connectivity index (χ4n) is 1.53. The number of benzene rings is 1. The molecule has 2 rings (SSSR count). The van der Waals surface area contributed by atoms with Gasteiger partial charge >= 0.3 is 0 Å². The average Bonchev–Trinajstić information content (AvgIpc) is 2.94. The lowest BCUT2D eigenvalue weighted by Crippen LogP contribution is -2.29. The number of aromatic nitrogens is 2. The first kappa shape index (κ1) is 15.8. The van der Waals surface area contributed by atoms with E-state index in [0.717, 1.165) is 4.90 Å².